The Balaban J connectivity index is 1.63. The third kappa shape index (κ3) is 3.26. The first-order valence-corrected chi connectivity index (χ1v) is 11.0. The van der Waals surface area contributed by atoms with Crippen LogP contribution in [0.2, 0.25) is 5.02 Å². The summed E-state index contributed by atoms with van der Waals surface area (Å²) in [7, 11) is 0. The molecule has 32 heavy (non-hydrogen) atoms. The number of nitrogens with zero attached hydrogens (tertiary/aromatic N) is 2. The van der Waals surface area contributed by atoms with Gasteiger partial charge in [-0.1, -0.05) is 41.9 Å². The molecule has 1 aliphatic rings. The minimum atomic E-state index is -0.259. The number of pyridine rings is 2. The predicted octanol–water partition coefficient (Wildman–Crippen LogP) is 7.52. The Labute approximate surface area is 190 Å². The van der Waals surface area contributed by atoms with Gasteiger partial charge < -0.3 is 0 Å². The summed E-state index contributed by atoms with van der Waals surface area (Å²) in [5.74, 6) is -0.259. The second-order valence-corrected chi connectivity index (χ2v) is 8.51. The first kappa shape index (κ1) is 19.1. The van der Waals surface area contributed by atoms with Crippen LogP contribution in [0.3, 0.4) is 0 Å². The van der Waals surface area contributed by atoms with E-state index in [9.17, 15) is 4.39 Å². The van der Waals surface area contributed by atoms with Crippen LogP contribution in [0.1, 0.15) is 11.3 Å². The number of halogens is 2. The van der Waals surface area contributed by atoms with E-state index in [1.807, 2.05) is 42.5 Å². The van der Waals surface area contributed by atoms with Crippen molar-refractivity contribution in [3.8, 4) is 33.6 Å². The van der Waals surface area contributed by atoms with Crippen molar-refractivity contribution in [2.75, 3.05) is 0 Å². The molecule has 0 aliphatic heterocycles. The Bertz CT molecular complexity index is 1470. The maximum atomic E-state index is 13.6. The molecule has 0 unspecified atom stereocenters. The lowest BCUT2D eigenvalue weighted by Crippen LogP contribution is -2.10. The third-order valence-corrected chi connectivity index (χ3v) is 6.34. The van der Waals surface area contributed by atoms with Gasteiger partial charge in [0.05, 0.1) is 22.6 Å². The van der Waals surface area contributed by atoms with Crippen LogP contribution in [0.4, 0.5) is 4.39 Å². The lowest BCUT2D eigenvalue weighted by Gasteiger charge is -2.23. The molecule has 0 bridgehead atoms. The van der Waals surface area contributed by atoms with Gasteiger partial charge in [-0.25, -0.2) is 9.37 Å². The number of aryl methyl sites for hydroxylation is 1. The van der Waals surface area contributed by atoms with Crippen molar-refractivity contribution in [2.45, 2.75) is 12.8 Å². The highest BCUT2D eigenvalue weighted by atomic mass is 35.5. The molecule has 2 nitrogen and oxygen atoms in total. The van der Waals surface area contributed by atoms with Crippen LogP contribution in [0.5, 0.6) is 0 Å². The summed E-state index contributed by atoms with van der Waals surface area (Å²) < 4.78 is 13.6. The van der Waals surface area contributed by atoms with E-state index in [0.717, 1.165) is 63.1 Å². The Morgan fingerprint density at radius 3 is 2.28 bits per heavy atom. The van der Waals surface area contributed by atoms with Gasteiger partial charge >= 0.3 is 0 Å². The number of fused-ring (bicyclic) bond motifs is 4. The van der Waals surface area contributed by atoms with E-state index < -0.39 is 0 Å². The molecule has 2 aromatic heterocycles. The van der Waals surface area contributed by atoms with Crippen molar-refractivity contribution in [2.24, 2.45) is 0 Å². The van der Waals surface area contributed by atoms with Gasteiger partial charge in [0, 0.05) is 21.5 Å². The zero-order valence-corrected chi connectivity index (χ0v) is 17.9. The molecule has 0 atom stereocenters. The largest absolute Gasteiger partial charge is 0.252 e. The van der Waals surface area contributed by atoms with Crippen molar-refractivity contribution in [1.29, 1.82) is 0 Å². The van der Waals surface area contributed by atoms with Crippen LogP contribution in [-0.4, -0.2) is 9.97 Å². The van der Waals surface area contributed by atoms with E-state index >= 15 is 0 Å². The quantitative estimate of drug-likeness (QED) is 0.286. The van der Waals surface area contributed by atoms with Crippen molar-refractivity contribution < 1.29 is 4.39 Å². The summed E-state index contributed by atoms with van der Waals surface area (Å²) in [6.45, 7) is 0. The first-order valence-electron chi connectivity index (χ1n) is 10.6. The SMILES string of the molecule is Fc1ccc(-c2cc(-c3ccc(Cl)cc3)c3c(n2)-c2cc4ccccc4nc2CC3)cc1. The average molecular weight is 437 g/mol. The highest BCUT2D eigenvalue weighted by Crippen LogP contribution is 2.40. The summed E-state index contributed by atoms with van der Waals surface area (Å²) in [6, 6.07) is 26.9. The van der Waals surface area contributed by atoms with E-state index in [0.29, 0.717) is 5.02 Å². The van der Waals surface area contributed by atoms with Gasteiger partial charge in [0.2, 0.25) is 0 Å². The normalized spacial score (nSPS) is 12.4. The zero-order valence-electron chi connectivity index (χ0n) is 17.1. The molecule has 0 fully saturated rings. The van der Waals surface area contributed by atoms with E-state index in [1.54, 1.807) is 12.1 Å². The molecule has 0 spiro atoms. The molecule has 1 aliphatic carbocycles. The summed E-state index contributed by atoms with van der Waals surface area (Å²) in [4.78, 5) is 10.0. The summed E-state index contributed by atoms with van der Waals surface area (Å²) >= 11 is 6.15. The Morgan fingerprint density at radius 1 is 0.719 bits per heavy atom. The molecule has 3 aromatic carbocycles. The lowest BCUT2D eigenvalue weighted by atomic mass is 9.85. The molecule has 5 aromatic rings. The topological polar surface area (TPSA) is 25.8 Å². The van der Waals surface area contributed by atoms with Gasteiger partial charge in [-0.3, -0.25) is 4.98 Å². The van der Waals surface area contributed by atoms with Crippen molar-refractivity contribution in [3.05, 3.63) is 107 Å². The van der Waals surface area contributed by atoms with Gasteiger partial charge in [-0.2, -0.15) is 0 Å². The molecule has 4 heteroatoms. The first-order chi connectivity index (χ1) is 15.7. The Morgan fingerprint density at radius 2 is 1.47 bits per heavy atom. The van der Waals surface area contributed by atoms with Gasteiger partial charge in [0.15, 0.2) is 0 Å². The number of hydrogen-bond donors (Lipinski definition) is 0. The number of hydrogen-bond acceptors (Lipinski definition) is 2. The summed E-state index contributed by atoms with van der Waals surface area (Å²) in [5.41, 5.74) is 9.23. The monoisotopic (exact) mass is 436 g/mol. The van der Waals surface area contributed by atoms with E-state index in [1.165, 1.54) is 17.7 Å². The minimum Gasteiger partial charge on any atom is -0.252 e. The molecule has 2 heterocycles. The fourth-order valence-corrected chi connectivity index (χ4v) is 4.62. The molecule has 0 radical (unpaired) electrons. The Kier molecular flexibility index (Phi) is 4.51. The third-order valence-electron chi connectivity index (χ3n) is 6.09. The molecule has 154 valence electrons. The molecule has 0 saturated heterocycles. The summed E-state index contributed by atoms with van der Waals surface area (Å²) in [5, 5.41) is 1.80. The number of aromatic nitrogens is 2. The van der Waals surface area contributed by atoms with Gasteiger partial charge in [-0.15, -0.1) is 0 Å². The van der Waals surface area contributed by atoms with Crippen LogP contribution < -0.4 is 0 Å². The standard InChI is InChI=1S/C28H18ClFN2/c29-20-9-5-17(6-10-20)23-16-27(18-7-11-21(30)12-8-18)32-28-22(23)13-14-26-24(28)15-19-3-1-2-4-25(19)31-26/h1-12,15-16H,13-14H2. The van der Waals surface area contributed by atoms with Crippen molar-refractivity contribution >= 4 is 22.5 Å². The second-order valence-electron chi connectivity index (χ2n) is 8.07. The number of para-hydroxylation sites is 1. The minimum absolute atomic E-state index is 0.259. The fraction of sp³-hybridized carbons (Fsp3) is 0.0714. The second kappa shape index (κ2) is 7.54. The maximum absolute atomic E-state index is 13.6. The number of benzene rings is 3. The molecule has 0 saturated carbocycles. The van der Waals surface area contributed by atoms with Crippen LogP contribution in [0.15, 0.2) is 84.9 Å². The van der Waals surface area contributed by atoms with E-state index in [-0.39, 0.29) is 5.82 Å². The molecule has 6 rings (SSSR count). The summed E-state index contributed by atoms with van der Waals surface area (Å²) in [6.07, 6.45) is 1.73. The number of rotatable bonds is 2. The van der Waals surface area contributed by atoms with Crippen molar-refractivity contribution in [3.63, 3.8) is 0 Å². The highest BCUT2D eigenvalue weighted by Gasteiger charge is 2.24. The van der Waals surface area contributed by atoms with Crippen molar-refractivity contribution in [1.82, 2.24) is 9.97 Å². The molecular weight excluding hydrogens is 419 g/mol. The van der Waals surface area contributed by atoms with Crippen LogP contribution in [-0.2, 0) is 12.8 Å². The molecule has 0 amide bonds. The fourth-order valence-electron chi connectivity index (χ4n) is 4.50. The van der Waals surface area contributed by atoms with Crippen LogP contribution in [0, 0.1) is 5.82 Å². The van der Waals surface area contributed by atoms with Gasteiger partial charge in [0.25, 0.3) is 0 Å². The average Bonchev–Trinajstić information content (AvgIpc) is 2.83. The lowest BCUT2D eigenvalue weighted by molar-refractivity contribution is 0.628. The van der Waals surface area contributed by atoms with E-state index in [4.69, 9.17) is 21.6 Å². The van der Waals surface area contributed by atoms with E-state index in [2.05, 4.69) is 18.2 Å². The maximum Gasteiger partial charge on any atom is 0.123 e. The predicted molar refractivity (Wildman–Crippen MR) is 128 cm³/mol. The molecular formula is C28H18ClFN2. The van der Waals surface area contributed by atoms with Gasteiger partial charge in [-0.05, 0) is 84.1 Å². The Hall–Kier alpha value is -3.56. The van der Waals surface area contributed by atoms with Gasteiger partial charge in [0.1, 0.15) is 5.82 Å². The zero-order chi connectivity index (χ0) is 21.7. The molecule has 0 N–H and O–H groups in total. The van der Waals surface area contributed by atoms with Crippen LogP contribution in [0.25, 0.3) is 44.5 Å². The smallest absolute Gasteiger partial charge is 0.123 e. The van der Waals surface area contributed by atoms with Crippen LogP contribution >= 0.6 is 11.6 Å². The highest BCUT2D eigenvalue weighted by molar-refractivity contribution is 6.30.